The second kappa shape index (κ2) is 9.38. The summed E-state index contributed by atoms with van der Waals surface area (Å²) in [6.07, 6.45) is 1.02. The number of nitrogens with zero attached hydrogens (tertiary/aromatic N) is 1. The highest BCUT2D eigenvalue weighted by Crippen LogP contribution is 2.31. The predicted octanol–water partition coefficient (Wildman–Crippen LogP) is 2.74. The molecule has 1 aliphatic rings. The monoisotopic (exact) mass is 388 g/mol. The van der Waals surface area contributed by atoms with Crippen molar-refractivity contribution in [3.8, 4) is 0 Å². The van der Waals surface area contributed by atoms with E-state index in [0.29, 0.717) is 54.8 Å². The SMILES string of the molecule is CCCC(NC(=O)C(c1ccc(Cl)cc1Cl)N1CCOCC1)C(=O)O. The Morgan fingerprint density at radius 3 is 2.56 bits per heavy atom. The third kappa shape index (κ3) is 5.31. The molecule has 138 valence electrons. The highest BCUT2D eigenvalue weighted by atomic mass is 35.5. The van der Waals surface area contributed by atoms with Crippen LogP contribution in [0.25, 0.3) is 0 Å². The summed E-state index contributed by atoms with van der Waals surface area (Å²) in [6, 6.07) is 3.35. The summed E-state index contributed by atoms with van der Waals surface area (Å²) in [5.41, 5.74) is 0.603. The van der Waals surface area contributed by atoms with E-state index in [1.165, 1.54) is 0 Å². The molecule has 2 atom stereocenters. The number of hydrogen-bond acceptors (Lipinski definition) is 4. The summed E-state index contributed by atoms with van der Waals surface area (Å²) in [6.45, 7) is 4.00. The van der Waals surface area contributed by atoms with Crippen molar-refractivity contribution in [1.82, 2.24) is 10.2 Å². The van der Waals surface area contributed by atoms with Gasteiger partial charge in [-0.05, 0) is 24.1 Å². The summed E-state index contributed by atoms with van der Waals surface area (Å²) in [5.74, 6) is -1.43. The van der Waals surface area contributed by atoms with E-state index in [9.17, 15) is 14.7 Å². The number of aliphatic carboxylic acids is 1. The number of halogens is 2. The fraction of sp³-hybridized carbons (Fsp3) is 0.529. The fourth-order valence-corrected chi connectivity index (χ4v) is 3.37. The van der Waals surface area contributed by atoms with Gasteiger partial charge < -0.3 is 15.2 Å². The van der Waals surface area contributed by atoms with Gasteiger partial charge >= 0.3 is 5.97 Å². The Kier molecular flexibility index (Phi) is 7.50. The number of morpholine rings is 1. The number of carbonyl (C=O) groups excluding carboxylic acids is 1. The van der Waals surface area contributed by atoms with Crippen LogP contribution in [0.5, 0.6) is 0 Å². The van der Waals surface area contributed by atoms with Gasteiger partial charge in [0.1, 0.15) is 12.1 Å². The van der Waals surface area contributed by atoms with Gasteiger partial charge in [0.05, 0.1) is 13.2 Å². The van der Waals surface area contributed by atoms with Crippen molar-refractivity contribution in [3.63, 3.8) is 0 Å². The van der Waals surface area contributed by atoms with Gasteiger partial charge in [0.15, 0.2) is 0 Å². The molecular weight excluding hydrogens is 367 g/mol. The van der Waals surface area contributed by atoms with Gasteiger partial charge in [0.25, 0.3) is 0 Å². The van der Waals surface area contributed by atoms with Crippen LogP contribution in [0.3, 0.4) is 0 Å². The lowest BCUT2D eigenvalue weighted by Crippen LogP contribution is -2.49. The molecule has 0 aromatic heterocycles. The highest BCUT2D eigenvalue weighted by Gasteiger charge is 2.33. The highest BCUT2D eigenvalue weighted by molar-refractivity contribution is 6.35. The van der Waals surface area contributed by atoms with Crippen LogP contribution in [0.4, 0.5) is 0 Å². The largest absolute Gasteiger partial charge is 0.480 e. The lowest BCUT2D eigenvalue weighted by molar-refractivity contribution is -0.143. The predicted molar refractivity (Wildman–Crippen MR) is 96.1 cm³/mol. The molecule has 0 saturated carbocycles. The number of amides is 1. The number of rotatable bonds is 7. The first kappa shape index (κ1) is 20.0. The number of carboxylic acid groups (broad SMARTS) is 1. The molecule has 6 nitrogen and oxygen atoms in total. The molecule has 8 heteroatoms. The van der Waals surface area contributed by atoms with Crippen molar-refractivity contribution in [2.24, 2.45) is 0 Å². The smallest absolute Gasteiger partial charge is 0.326 e. The van der Waals surface area contributed by atoms with E-state index in [1.807, 2.05) is 11.8 Å². The Morgan fingerprint density at radius 1 is 1.32 bits per heavy atom. The summed E-state index contributed by atoms with van der Waals surface area (Å²) in [7, 11) is 0. The number of ether oxygens (including phenoxy) is 1. The van der Waals surface area contributed by atoms with Crippen molar-refractivity contribution in [2.75, 3.05) is 26.3 Å². The van der Waals surface area contributed by atoms with Crippen molar-refractivity contribution in [3.05, 3.63) is 33.8 Å². The molecule has 0 bridgehead atoms. The van der Waals surface area contributed by atoms with Crippen LogP contribution in [-0.4, -0.2) is 54.2 Å². The molecule has 0 spiro atoms. The Balaban J connectivity index is 2.30. The third-order valence-corrected chi connectivity index (χ3v) is 4.67. The van der Waals surface area contributed by atoms with Gasteiger partial charge in [0.2, 0.25) is 5.91 Å². The topological polar surface area (TPSA) is 78.9 Å². The molecule has 0 radical (unpaired) electrons. The van der Waals surface area contributed by atoms with E-state index < -0.39 is 18.1 Å². The minimum atomic E-state index is -1.04. The first-order valence-electron chi connectivity index (χ1n) is 8.24. The number of nitrogens with one attached hydrogen (secondary N) is 1. The van der Waals surface area contributed by atoms with Crippen molar-refractivity contribution in [1.29, 1.82) is 0 Å². The van der Waals surface area contributed by atoms with Crippen LogP contribution in [0.1, 0.15) is 31.4 Å². The van der Waals surface area contributed by atoms with Crippen LogP contribution in [0.2, 0.25) is 10.0 Å². The first-order valence-corrected chi connectivity index (χ1v) is 8.99. The average Bonchev–Trinajstić information content (AvgIpc) is 2.57. The summed E-state index contributed by atoms with van der Waals surface area (Å²) in [4.78, 5) is 26.2. The van der Waals surface area contributed by atoms with Crippen LogP contribution in [0, 0.1) is 0 Å². The van der Waals surface area contributed by atoms with E-state index in [-0.39, 0.29) is 5.91 Å². The Morgan fingerprint density at radius 2 is 2.00 bits per heavy atom. The Bertz CT molecular complexity index is 621. The van der Waals surface area contributed by atoms with E-state index >= 15 is 0 Å². The molecule has 2 unspecified atom stereocenters. The number of carbonyl (C=O) groups is 2. The summed E-state index contributed by atoms with van der Waals surface area (Å²) >= 11 is 12.3. The molecule has 1 amide bonds. The molecule has 1 aromatic carbocycles. The maximum absolute atomic E-state index is 12.9. The molecule has 1 aliphatic heterocycles. The molecular formula is C17H22Cl2N2O4. The number of benzene rings is 1. The molecule has 0 aliphatic carbocycles. The molecule has 1 aromatic rings. The zero-order valence-corrected chi connectivity index (χ0v) is 15.5. The molecule has 25 heavy (non-hydrogen) atoms. The minimum absolute atomic E-state index is 0.366. The van der Waals surface area contributed by atoms with Gasteiger partial charge in [0, 0.05) is 23.1 Å². The standard InChI is InChI=1S/C17H22Cl2N2O4/c1-2-3-14(17(23)24)20-16(22)15(21-6-8-25-9-7-21)12-5-4-11(18)10-13(12)19/h4-5,10,14-15H,2-3,6-9H2,1H3,(H,20,22)(H,23,24). The second-order valence-corrected chi connectivity index (χ2v) is 6.75. The lowest BCUT2D eigenvalue weighted by Gasteiger charge is -2.34. The van der Waals surface area contributed by atoms with Crippen molar-refractivity contribution < 1.29 is 19.4 Å². The van der Waals surface area contributed by atoms with Gasteiger partial charge in [-0.2, -0.15) is 0 Å². The lowest BCUT2D eigenvalue weighted by atomic mass is 10.0. The average molecular weight is 389 g/mol. The molecule has 1 heterocycles. The Labute approximate surface area is 157 Å². The van der Waals surface area contributed by atoms with Crippen molar-refractivity contribution in [2.45, 2.75) is 31.8 Å². The number of hydrogen-bond donors (Lipinski definition) is 2. The molecule has 1 saturated heterocycles. The molecule has 1 fully saturated rings. The fourth-order valence-electron chi connectivity index (χ4n) is 2.86. The molecule has 2 rings (SSSR count). The zero-order valence-electron chi connectivity index (χ0n) is 14.0. The van der Waals surface area contributed by atoms with E-state index in [4.69, 9.17) is 27.9 Å². The quantitative estimate of drug-likeness (QED) is 0.750. The van der Waals surface area contributed by atoms with Gasteiger partial charge in [-0.15, -0.1) is 0 Å². The minimum Gasteiger partial charge on any atom is -0.480 e. The maximum atomic E-state index is 12.9. The maximum Gasteiger partial charge on any atom is 0.326 e. The van der Waals surface area contributed by atoms with Crippen LogP contribution >= 0.6 is 23.2 Å². The van der Waals surface area contributed by atoms with E-state index in [1.54, 1.807) is 18.2 Å². The normalized spacial score (nSPS) is 17.7. The Hall–Kier alpha value is -1.34. The molecule has 2 N–H and O–H groups in total. The van der Waals surface area contributed by atoms with Crippen molar-refractivity contribution >= 4 is 35.1 Å². The summed E-state index contributed by atoms with van der Waals surface area (Å²) in [5, 5.41) is 12.8. The summed E-state index contributed by atoms with van der Waals surface area (Å²) < 4.78 is 5.35. The van der Waals surface area contributed by atoms with Crippen LogP contribution < -0.4 is 5.32 Å². The zero-order chi connectivity index (χ0) is 18.4. The van der Waals surface area contributed by atoms with Gasteiger partial charge in [-0.1, -0.05) is 42.6 Å². The first-order chi connectivity index (χ1) is 11.9. The van der Waals surface area contributed by atoms with E-state index in [2.05, 4.69) is 5.32 Å². The van der Waals surface area contributed by atoms with Crippen LogP contribution in [-0.2, 0) is 14.3 Å². The van der Waals surface area contributed by atoms with E-state index in [0.717, 1.165) is 0 Å². The van der Waals surface area contributed by atoms with Gasteiger partial charge in [-0.25, -0.2) is 4.79 Å². The van der Waals surface area contributed by atoms with Gasteiger partial charge in [-0.3, -0.25) is 9.69 Å². The third-order valence-electron chi connectivity index (χ3n) is 4.11. The second-order valence-electron chi connectivity index (χ2n) is 5.90. The van der Waals surface area contributed by atoms with Crippen LogP contribution in [0.15, 0.2) is 18.2 Å². The number of carboxylic acids is 1.